The topological polar surface area (TPSA) is 52.6 Å². The molecule has 0 N–H and O–H groups in total. The first-order chi connectivity index (χ1) is 15.6. The zero-order valence-corrected chi connectivity index (χ0v) is 18.4. The van der Waals surface area contributed by atoms with Gasteiger partial charge in [0.2, 0.25) is 0 Å². The smallest absolute Gasteiger partial charge is 0.347 e. The van der Waals surface area contributed by atoms with Gasteiger partial charge in [0.05, 0.1) is 0 Å². The van der Waals surface area contributed by atoms with Gasteiger partial charge in [-0.25, -0.2) is 4.79 Å². The highest BCUT2D eigenvalue weighted by atomic mass is 31.1. The number of hydrogen-bond acceptors (Lipinski definition) is 4. The van der Waals surface area contributed by atoms with Gasteiger partial charge in [0.1, 0.15) is 17.1 Å². The van der Waals surface area contributed by atoms with Crippen LogP contribution in [0.3, 0.4) is 0 Å². The van der Waals surface area contributed by atoms with E-state index in [1.165, 1.54) is 17.5 Å². The monoisotopic (exact) mass is 440 g/mol. The van der Waals surface area contributed by atoms with Gasteiger partial charge in [0, 0.05) is 6.92 Å². The van der Waals surface area contributed by atoms with Gasteiger partial charge in [-0.15, -0.1) is 0 Å². The van der Waals surface area contributed by atoms with Crippen LogP contribution in [-0.4, -0.2) is 11.9 Å². The Bertz CT molecular complexity index is 1170. The molecule has 0 radical (unpaired) electrons. The third-order valence-corrected chi connectivity index (χ3v) is 7.14. The van der Waals surface area contributed by atoms with E-state index in [4.69, 9.17) is 9.47 Å². The SMILES string of the molecule is CC(=O)Oc1ccccc1C(=O)Oc1ccc(P(c2ccccc2)c2ccccc2)cc1. The van der Waals surface area contributed by atoms with Crippen molar-refractivity contribution in [1.29, 1.82) is 0 Å². The maximum Gasteiger partial charge on any atom is 0.347 e. The Hall–Kier alpha value is -3.75. The summed E-state index contributed by atoms with van der Waals surface area (Å²) in [5.74, 6) is -0.474. The third kappa shape index (κ3) is 5.11. The Balaban J connectivity index is 1.59. The molecule has 5 heteroatoms. The lowest BCUT2D eigenvalue weighted by Gasteiger charge is -2.19. The van der Waals surface area contributed by atoms with Crippen molar-refractivity contribution in [3.63, 3.8) is 0 Å². The number of para-hydroxylation sites is 1. The Kier molecular flexibility index (Phi) is 6.74. The first-order valence-corrected chi connectivity index (χ1v) is 11.5. The van der Waals surface area contributed by atoms with E-state index in [1.54, 1.807) is 36.4 Å². The quantitative estimate of drug-likeness (QED) is 0.250. The largest absolute Gasteiger partial charge is 0.426 e. The predicted octanol–water partition coefficient (Wildman–Crippen LogP) is 4.59. The molecule has 4 nitrogen and oxygen atoms in total. The van der Waals surface area contributed by atoms with E-state index in [-0.39, 0.29) is 11.3 Å². The lowest BCUT2D eigenvalue weighted by atomic mass is 10.2. The number of rotatable bonds is 6. The van der Waals surface area contributed by atoms with E-state index in [2.05, 4.69) is 24.3 Å². The van der Waals surface area contributed by atoms with Gasteiger partial charge in [-0.1, -0.05) is 84.9 Å². The number of carbonyl (C=O) groups is 2. The molecule has 0 aliphatic rings. The zero-order chi connectivity index (χ0) is 22.3. The molecule has 0 saturated heterocycles. The average molecular weight is 440 g/mol. The molecule has 0 fully saturated rings. The summed E-state index contributed by atoms with van der Waals surface area (Å²) in [4.78, 5) is 24.0. The molecule has 0 unspecified atom stereocenters. The van der Waals surface area contributed by atoms with E-state index in [0.717, 1.165) is 5.30 Å². The molecule has 0 bridgehead atoms. The summed E-state index contributed by atoms with van der Waals surface area (Å²) in [5, 5.41) is 3.64. The first kappa shape index (κ1) is 21.5. The van der Waals surface area contributed by atoms with E-state index >= 15 is 0 Å². The van der Waals surface area contributed by atoms with E-state index in [0.29, 0.717) is 5.75 Å². The minimum atomic E-state index is -0.736. The van der Waals surface area contributed by atoms with E-state index in [1.807, 2.05) is 48.5 Å². The molecular formula is C27H21O4P. The van der Waals surface area contributed by atoms with Crippen molar-refractivity contribution < 1.29 is 19.1 Å². The highest BCUT2D eigenvalue weighted by Crippen LogP contribution is 2.33. The average Bonchev–Trinajstić information content (AvgIpc) is 2.82. The molecule has 0 heterocycles. The molecule has 0 spiro atoms. The van der Waals surface area contributed by atoms with Gasteiger partial charge in [-0.3, -0.25) is 4.79 Å². The van der Waals surface area contributed by atoms with Crippen LogP contribution in [0.2, 0.25) is 0 Å². The van der Waals surface area contributed by atoms with Gasteiger partial charge >= 0.3 is 11.9 Å². The van der Waals surface area contributed by atoms with Crippen molar-refractivity contribution in [3.8, 4) is 11.5 Å². The molecule has 0 amide bonds. The van der Waals surface area contributed by atoms with Gasteiger partial charge in [0.25, 0.3) is 0 Å². The molecule has 32 heavy (non-hydrogen) atoms. The summed E-state index contributed by atoms with van der Waals surface area (Å²) in [6, 6.07) is 34.9. The summed E-state index contributed by atoms with van der Waals surface area (Å²) in [6.45, 7) is 1.29. The van der Waals surface area contributed by atoms with Crippen LogP contribution < -0.4 is 25.4 Å². The lowest BCUT2D eigenvalue weighted by molar-refractivity contribution is -0.131. The van der Waals surface area contributed by atoms with Crippen LogP contribution in [0.1, 0.15) is 17.3 Å². The fourth-order valence-electron chi connectivity index (χ4n) is 3.31. The molecule has 158 valence electrons. The Morgan fingerprint density at radius 2 is 1.09 bits per heavy atom. The lowest BCUT2D eigenvalue weighted by Crippen LogP contribution is -2.20. The number of hydrogen-bond donors (Lipinski definition) is 0. The Morgan fingerprint density at radius 1 is 0.594 bits per heavy atom. The van der Waals surface area contributed by atoms with Gasteiger partial charge < -0.3 is 9.47 Å². The number of esters is 2. The third-order valence-electron chi connectivity index (χ3n) is 4.69. The number of ether oxygens (including phenoxy) is 2. The van der Waals surface area contributed by atoms with Crippen LogP contribution in [0.25, 0.3) is 0 Å². The van der Waals surface area contributed by atoms with Crippen molar-refractivity contribution in [1.82, 2.24) is 0 Å². The van der Waals surface area contributed by atoms with Crippen molar-refractivity contribution >= 4 is 35.8 Å². The molecule has 0 aliphatic carbocycles. The highest BCUT2D eigenvalue weighted by Gasteiger charge is 2.18. The molecule has 4 aromatic rings. The van der Waals surface area contributed by atoms with Crippen LogP contribution in [0.5, 0.6) is 11.5 Å². The molecule has 0 aromatic heterocycles. The van der Waals surface area contributed by atoms with Crippen LogP contribution in [-0.2, 0) is 4.79 Å². The summed E-state index contributed by atoms with van der Waals surface area (Å²) >= 11 is 0. The molecule has 4 rings (SSSR count). The van der Waals surface area contributed by atoms with Crippen LogP contribution in [0, 0.1) is 0 Å². The number of carbonyl (C=O) groups excluding carboxylic acids is 2. The van der Waals surface area contributed by atoms with Crippen molar-refractivity contribution in [3.05, 3.63) is 115 Å². The Labute approximate surface area is 188 Å². The second-order valence-corrected chi connectivity index (χ2v) is 9.20. The summed E-state index contributed by atoms with van der Waals surface area (Å²) in [7, 11) is -0.736. The maximum atomic E-state index is 12.7. The second-order valence-electron chi connectivity index (χ2n) is 6.98. The first-order valence-electron chi connectivity index (χ1n) is 10.1. The van der Waals surface area contributed by atoms with E-state index < -0.39 is 19.9 Å². The van der Waals surface area contributed by atoms with Gasteiger partial charge in [0.15, 0.2) is 0 Å². The van der Waals surface area contributed by atoms with Crippen LogP contribution >= 0.6 is 7.92 Å². The molecule has 4 aromatic carbocycles. The summed E-state index contributed by atoms with van der Waals surface area (Å²) in [5.41, 5.74) is 0.197. The normalized spacial score (nSPS) is 10.6. The summed E-state index contributed by atoms with van der Waals surface area (Å²) in [6.07, 6.45) is 0. The van der Waals surface area contributed by atoms with Crippen molar-refractivity contribution in [2.75, 3.05) is 0 Å². The fourth-order valence-corrected chi connectivity index (χ4v) is 5.59. The molecule has 0 aliphatic heterocycles. The molecule has 0 saturated carbocycles. The minimum absolute atomic E-state index is 0.179. The second kappa shape index (κ2) is 10.0. The van der Waals surface area contributed by atoms with Crippen molar-refractivity contribution in [2.24, 2.45) is 0 Å². The maximum absolute atomic E-state index is 12.7. The van der Waals surface area contributed by atoms with Gasteiger partial charge in [-0.05, 0) is 48.1 Å². The Morgan fingerprint density at radius 3 is 1.66 bits per heavy atom. The standard InChI is InChI=1S/C27H21O4P/c1-20(28)30-26-15-9-8-14-25(26)27(29)31-21-16-18-24(19-17-21)32(22-10-4-2-5-11-22)23-12-6-3-7-13-23/h2-19H,1H3. The van der Waals surface area contributed by atoms with E-state index in [9.17, 15) is 9.59 Å². The highest BCUT2D eigenvalue weighted by molar-refractivity contribution is 7.79. The van der Waals surface area contributed by atoms with Gasteiger partial charge in [-0.2, -0.15) is 0 Å². The van der Waals surface area contributed by atoms with Crippen LogP contribution in [0.15, 0.2) is 109 Å². The van der Waals surface area contributed by atoms with Crippen molar-refractivity contribution in [2.45, 2.75) is 6.92 Å². The van der Waals surface area contributed by atoms with Crippen LogP contribution in [0.4, 0.5) is 0 Å². The number of benzene rings is 4. The summed E-state index contributed by atoms with van der Waals surface area (Å²) < 4.78 is 10.7. The molecule has 0 atom stereocenters. The minimum Gasteiger partial charge on any atom is -0.426 e. The molecular weight excluding hydrogens is 419 g/mol. The fraction of sp³-hybridized carbons (Fsp3) is 0.0370. The predicted molar refractivity (Wildman–Crippen MR) is 128 cm³/mol. The zero-order valence-electron chi connectivity index (χ0n) is 17.5.